The number of carbonyl (C=O) groups excluding carboxylic acids is 2. The second-order valence-corrected chi connectivity index (χ2v) is 10.3. The lowest BCUT2D eigenvalue weighted by Gasteiger charge is -2.31. The average molecular weight is 572 g/mol. The number of para-hydroxylation sites is 2. The molecule has 0 spiro atoms. The van der Waals surface area contributed by atoms with Crippen LogP contribution in [0, 0.1) is 25.5 Å². The third kappa shape index (κ3) is 5.77. The first-order valence-electron chi connectivity index (χ1n) is 13.4. The van der Waals surface area contributed by atoms with Crippen molar-refractivity contribution in [1.82, 2.24) is 20.2 Å². The first-order chi connectivity index (χ1) is 20.1. The normalized spacial score (nSPS) is 12.6. The van der Waals surface area contributed by atoms with Gasteiger partial charge in [0.25, 0.3) is 5.91 Å². The number of likely N-dealkylation sites (N-methyl/N-ethyl adjacent to an activating group) is 1. The van der Waals surface area contributed by atoms with Gasteiger partial charge >= 0.3 is 6.03 Å². The number of anilines is 4. The van der Waals surface area contributed by atoms with Gasteiger partial charge in [-0.05, 0) is 69.4 Å². The lowest BCUT2D eigenvalue weighted by atomic mass is 9.97. The molecule has 3 amide bonds. The molecule has 1 aliphatic rings. The molecule has 216 valence electrons. The van der Waals surface area contributed by atoms with Crippen molar-refractivity contribution in [1.29, 1.82) is 0 Å². The van der Waals surface area contributed by atoms with Gasteiger partial charge in [-0.1, -0.05) is 30.3 Å². The van der Waals surface area contributed by atoms with Gasteiger partial charge in [-0.25, -0.2) is 23.5 Å². The summed E-state index contributed by atoms with van der Waals surface area (Å²) >= 11 is 0. The van der Waals surface area contributed by atoms with Gasteiger partial charge in [-0.3, -0.25) is 4.79 Å². The number of aromatic nitrogens is 2. The highest BCUT2D eigenvalue weighted by atomic mass is 19.1. The monoisotopic (exact) mass is 571 g/mol. The topological polar surface area (TPSA) is 102 Å². The molecule has 5 rings (SSSR count). The van der Waals surface area contributed by atoms with Crippen LogP contribution in [0.3, 0.4) is 0 Å². The van der Waals surface area contributed by atoms with Crippen LogP contribution in [-0.4, -0.2) is 54.0 Å². The molecule has 3 N–H and O–H groups in total. The summed E-state index contributed by atoms with van der Waals surface area (Å²) in [5.74, 6) is -1.90. The molecule has 0 unspecified atom stereocenters. The van der Waals surface area contributed by atoms with E-state index in [2.05, 4.69) is 20.9 Å². The van der Waals surface area contributed by atoms with Crippen LogP contribution in [0.4, 0.5) is 36.7 Å². The first-order valence-corrected chi connectivity index (χ1v) is 13.4. The number of benzene rings is 3. The predicted octanol–water partition coefficient (Wildman–Crippen LogP) is 5.63. The number of hydrogen-bond acceptors (Lipinski definition) is 6. The summed E-state index contributed by atoms with van der Waals surface area (Å²) in [6.07, 6.45) is 0. The number of nitrogens with one attached hydrogen (secondary N) is 3. The lowest BCUT2D eigenvalue weighted by Crippen LogP contribution is -2.43. The van der Waals surface area contributed by atoms with Crippen LogP contribution in [0.2, 0.25) is 0 Å². The van der Waals surface area contributed by atoms with E-state index in [4.69, 9.17) is 4.98 Å². The maximum absolute atomic E-state index is 15.0. The zero-order valence-electron chi connectivity index (χ0n) is 23.8. The van der Waals surface area contributed by atoms with Crippen molar-refractivity contribution in [3.05, 3.63) is 94.6 Å². The Hall–Kier alpha value is -4.90. The van der Waals surface area contributed by atoms with E-state index in [1.807, 2.05) is 63.2 Å². The number of carbonyl (C=O) groups is 2. The van der Waals surface area contributed by atoms with Gasteiger partial charge < -0.3 is 20.9 Å². The van der Waals surface area contributed by atoms with Crippen molar-refractivity contribution in [2.24, 2.45) is 0 Å². The number of halogens is 2. The Morgan fingerprint density at radius 2 is 1.74 bits per heavy atom. The summed E-state index contributed by atoms with van der Waals surface area (Å²) in [6.45, 7) is 4.94. The van der Waals surface area contributed by atoms with Crippen molar-refractivity contribution in [3.63, 3.8) is 0 Å². The Balaban J connectivity index is 1.64. The molecule has 0 aliphatic carbocycles. The number of hydrogen-bond donors (Lipinski definition) is 3. The molecule has 4 aromatic rings. The van der Waals surface area contributed by atoms with Crippen molar-refractivity contribution in [2.75, 3.05) is 42.7 Å². The Morgan fingerprint density at radius 3 is 2.45 bits per heavy atom. The lowest BCUT2D eigenvalue weighted by molar-refractivity contribution is 0.102. The summed E-state index contributed by atoms with van der Waals surface area (Å²) in [6, 6.07) is 15.4. The zero-order valence-corrected chi connectivity index (χ0v) is 23.8. The zero-order chi connectivity index (χ0) is 30.0. The molecule has 2 heterocycles. The molecule has 1 aliphatic heterocycles. The molecule has 0 radical (unpaired) electrons. The maximum Gasteiger partial charge on any atom is 0.328 e. The molecule has 3 aromatic carbocycles. The van der Waals surface area contributed by atoms with Gasteiger partial charge in [0.1, 0.15) is 17.3 Å². The van der Waals surface area contributed by atoms with E-state index in [0.29, 0.717) is 41.2 Å². The van der Waals surface area contributed by atoms with E-state index in [9.17, 15) is 18.4 Å². The Labute approximate surface area is 242 Å². The number of amides is 3. The second-order valence-electron chi connectivity index (χ2n) is 10.3. The predicted molar refractivity (Wildman–Crippen MR) is 159 cm³/mol. The van der Waals surface area contributed by atoms with Gasteiger partial charge in [-0.15, -0.1) is 0 Å². The Bertz CT molecular complexity index is 1660. The SMILES string of the molecule is Cc1ccccc1NC(=O)c1ccc(C)c(-c2nc(NCCN(C)C)nc3c2CNC(=O)N3c2c(F)cccc2F)c1. The van der Waals surface area contributed by atoms with Crippen molar-refractivity contribution in [3.8, 4) is 11.3 Å². The molecule has 1 aromatic heterocycles. The smallest absolute Gasteiger partial charge is 0.328 e. The molecule has 0 saturated carbocycles. The molecule has 0 atom stereocenters. The first kappa shape index (κ1) is 28.6. The molecule has 11 heteroatoms. The fraction of sp³-hybridized carbons (Fsp3) is 0.226. The van der Waals surface area contributed by atoms with Crippen LogP contribution in [0.1, 0.15) is 27.0 Å². The summed E-state index contributed by atoms with van der Waals surface area (Å²) in [7, 11) is 3.84. The minimum absolute atomic E-state index is 0.0210. The number of nitrogens with zero attached hydrogens (tertiary/aromatic N) is 4. The van der Waals surface area contributed by atoms with Gasteiger partial charge in [-0.2, -0.15) is 4.98 Å². The van der Waals surface area contributed by atoms with Gasteiger partial charge in [0.15, 0.2) is 5.82 Å². The summed E-state index contributed by atoms with van der Waals surface area (Å²) in [5, 5.41) is 8.80. The maximum atomic E-state index is 15.0. The van der Waals surface area contributed by atoms with E-state index in [1.165, 1.54) is 6.07 Å². The van der Waals surface area contributed by atoms with Crippen LogP contribution in [0.25, 0.3) is 11.3 Å². The van der Waals surface area contributed by atoms with Crippen LogP contribution < -0.4 is 20.9 Å². The van der Waals surface area contributed by atoms with Crippen molar-refractivity contribution >= 4 is 35.1 Å². The number of urea groups is 1. The highest BCUT2D eigenvalue weighted by molar-refractivity contribution is 6.06. The standard InChI is InChI=1S/C31H31F2N7O2/c1-18-12-13-20(29(41)36-25-11-6-5-8-19(25)2)16-21(18)26-22-17-35-31(42)40(27-23(32)9-7-10-24(27)33)28(22)38-30(37-26)34-14-15-39(3)4/h5-13,16H,14-15,17H2,1-4H3,(H,35,42)(H,36,41)(H,34,37,38). The molecule has 0 bridgehead atoms. The van der Waals surface area contributed by atoms with Gasteiger partial charge in [0, 0.05) is 35.5 Å². The van der Waals surface area contributed by atoms with Crippen LogP contribution in [0.5, 0.6) is 0 Å². The summed E-state index contributed by atoms with van der Waals surface area (Å²) < 4.78 is 29.9. The van der Waals surface area contributed by atoms with Crippen LogP contribution >= 0.6 is 0 Å². The molecule has 42 heavy (non-hydrogen) atoms. The molecular weight excluding hydrogens is 540 g/mol. The average Bonchev–Trinajstić information content (AvgIpc) is 2.95. The fourth-order valence-electron chi connectivity index (χ4n) is 4.69. The molecular formula is C31H31F2N7O2. The highest BCUT2D eigenvalue weighted by Gasteiger charge is 2.34. The molecule has 0 fully saturated rings. The highest BCUT2D eigenvalue weighted by Crippen LogP contribution is 2.39. The van der Waals surface area contributed by atoms with E-state index < -0.39 is 23.4 Å². The minimum atomic E-state index is -0.911. The molecule has 9 nitrogen and oxygen atoms in total. The third-order valence-corrected chi connectivity index (χ3v) is 6.97. The third-order valence-electron chi connectivity index (χ3n) is 6.97. The Morgan fingerprint density at radius 1 is 1.00 bits per heavy atom. The van der Waals surface area contributed by atoms with Crippen LogP contribution in [-0.2, 0) is 6.54 Å². The van der Waals surface area contributed by atoms with Crippen LogP contribution in [0.15, 0.2) is 60.7 Å². The number of fused-ring (bicyclic) bond motifs is 1. The Kier molecular flexibility index (Phi) is 8.12. The van der Waals surface area contributed by atoms with Crippen molar-refractivity contribution in [2.45, 2.75) is 20.4 Å². The summed E-state index contributed by atoms with van der Waals surface area (Å²) in [4.78, 5) is 38.5. The van der Waals surface area contributed by atoms with E-state index >= 15 is 0 Å². The minimum Gasteiger partial charge on any atom is -0.353 e. The number of rotatable bonds is 8. The van der Waals surface area contributed by atoms with Gasteiger partial charge in [0.2, 0.25) is 5.95 Å². The van der Waals surface area contributed by atoms with Crippen molar-refractivity contribution < 1.29 is 18.4 Å². The quantitative estimate of drug-likeness (QED) is 0.254. The van der Waals surface area contributed by atoms with E-state index in [-0.39, 0.29) is 24.2 Å². The number of aryl methyl sites for hydroxylation is 2. The summed E-state index contributed by atoms with van der Waals surface area (Å²) in [5.41, 5.74) is 3.78. The fourth-order valence-corrected chi connectivity index (χ4v) is 4.69. The van der Waals surface area contributed by atoms with E-state index in [0.717, 1.165) is 28.2 Å². The van der Waals surface area contributed by atoms with E-state index in [1.54, 1.807) is 12.1 Å². The largest absolute Gasteiger partial charge is 0.353 e. The molecule has 0 saturated heterocycles. The second kappa shape index (κ2) is 11.9. The van der Waals surface area contributed by atoms with Gasteiger partial charge in [0.05, 0.1) is 12.2 Å².